The maximum absolute atomic E-state index is 12.4. The second-order valence-corrected chi connectivity index (χ2v) is 5.81. The zero-order chi connectivity index (χ0) is 19.1. The molecular formula is C22H19NO4. The molecule has 136 valence electrons. The van der Waals surface area contributed by atoms with Gasteiger partial charge < -0.3 is 14.5 Å². The smallest absolute Gasteiger partial charge is 0.337 e. The van der Waals surface area contributed by atoms with Gasteiger partial charge in [-0.2, -0.15) is 0 Å². The quantitative estimate of drug-likeness (QED) is 0.532. The van der Waals surface area contributed by atoms with Crippen molar-refractivity contribution in [2.75, 3.05) is 7.11 Å². The van der Waals surface area contributed by atoms with E-state index >= 15 is 0 Å². The number of esters is 1. The van der Waals surface area contributed by atoms with E-state index < -0.39 is 5.97 Å². The molecule has 1 N–H and O–H groups in total. The minimum absolute atomic E-state index is 0.253. The summed E-state index contributed by atoms with van der Waals surface area (Å²) in [6.45, 7) is 0. The Bertz CT molecular complexity index is 913. The second kappa shape index (κ2) is 8.67. The van der Waals surface area contributed by atoms with Gasteiger partial charge in [-0.1, -0.05) is 42.5 Å². The number of rotatable bonds is 6. The number of methoxy groups -OCH3 is 1. The van der Waals surface area contributed by atoms with E-state index in [0.717, 1.165) is 11.1 Å². The number of hydrogen-bond acceptors (Lipinski definition) is 4. The van der Waals surface area contributed by atoms with Gasteiger partial charge in [-0.05, 0) is 41.5 Å². The van der Waals surface area contributed by atoms with Crippen LogP contribution in [0.25, 0.3) is 6.08 Å². The molecule has 1 unspecified atom stereocenters. The van der Waals surface area contributed by atoms with Crippen molar-refractivity contribution in [2.24, 2.45) is 0 Å². The molecule has 3 rings (SSSR count). The van der Waals surface area contributed by atoms with Crippen molar-refractivity contribution >= 4 is 18.0 Å². The van der Waals surface area contributed by atoms with Crippen molar-refractivity contribution in [3.63, 3.8) is 0 Å². The van der Waals surface area contributed by atoms with Crippen LogP contribution in [-0.4, -0.2) is 19.0 Å². The molecular weight excluding hydrogens is 342 g/mol. The number of ether oxygens (including phenoxy) is 1. The molecule has 0 bridgehead atoms. The minimum Gasteiger partial charge on any atom is -0.467 e. The molecule has 3 aromatic rings. The van der Waals surface area contributed by atoms with Crippen LogP contribution in [0.5, 0.6) is 0 Å². The first-order valence-electron chi connectivity index (χ1n) is 8.42. The summed E-state index contributed by atoms with van der Waals surface area (Å²) in [5.74, 6) is 0.00935. The zero-order valence-corrected chi connectivity index (χ0v) is 14.8. The summed E-state index contributed by atoms with van der Waals surface area (Å²) in [6, 6.07) is 19.6. The molecule has 1 atom stereocenters. The molecule has 2 aromatic carbocycles. The maximum Gasteiger partial charge on any atom is 0.337 e. The van der Waals surface area contributed by atoms with Crippen LogP contribution in [0.2, 0.25) is 0 Å². The van der Waals surface area contributed by atoms with Crippen molar-refractivity contribution in [2.45, 2.75) is 6.04 Å². The summed E-state index contributed by atoms with van der Waals surface area (Å²) in [4.78, 5) is 23.8. The van der Waals surface area contributed by atoms with Crippen LogP contribution >= 0.6 is 0 Å². The van der Waals surface area contributed by atoms with E-state index in [1.807, 2.05) is 36.4 Å². The van der Waals surface area contributed by atoms with Gasteiger partial charge in [-0.3, -0.25) is 4.79 Å². The molecule has 5 heteroatoms. The standard InChI is InChI=1S/C22H19NO4/c1-26-22(25)18-12-9-16(10-13-18)11-14-20(24)23-21(19-8-5-15-27-19)17-6-3-2-4-7-17/h2-15,21H,1H3,(H,23,24). The molecule has 0 spiro atoms. The van der Waals surface area contributed by atoms with Gasteiger partial charge in [0.15, 0.2) is 0 Å². The van der Waals surface area contributed by atoms with Gasteiger partial charge in [0.2, 0.25) is 5.91 Å². The van der Waals surface area contributed by atoms with Crippen molar-refractivity contribution in [3.8, 4) is 0 Å². The van der Waals surface area contributed by atoms with Gasteiger partial charge in [0.05, 0.1) is 18.9 Å². The fraction of sp³-hybridized carbons (Fsp3) is 0.0909. The molecule has 0 saturated carbocycles. The highest BCUT2D eigenvalue weighted by atomic mass is 16.5. The van der Waals surface area contributed by atoms with E-state index in [9.17, 15) is 9.59 Å². The normalized spacial score (nSPS) is 11.9. The highest BCUT2D eigenvalue weighted by Crippen LogP contribution is 2.22. The summed E-state index contributed by atoms with van der Waals surface area (Å²) < 4.78 is 10.1. The van der Waals surface area contributed by atoms with Gasteiger partial charge in [0.1, 0.15) is 11.8 Å². The lowest BCUT2D eigenvalue weighted by Gasteiger charge is -2.16. The Balaban J connectivity index is 1.71. The Kier molecular flexibility index (Phi) is 5.84. The van der Waals surface area contributed by atoms with Crippen LogP contribution < -0.4 is 5.32 Å². The van der Waals surface area contributed by atoms with Crippen LogP contribution in [0.4, 0.5) is 0 Å². The Labute approximate surface area is 157 Å². The van der Waals surface area contributed by atoms with Gasteiger partial charge in [-0.25, -0.2) is 4.79 Å². The highest BCUT2D eigenvalue weighted by Gasteiger charge is 2.18. The molecule has 0 radical (unpaired) electrons. The van der Waals surface area contributed by atoms with Crippen molar-refractivity contribution in [3.05, 3.63) is 102 Å². The topological polar surface area (TPSA) is 68.5 Å². The predicted octanol–water partition coefficient (Wildman–Crippen LogP) is 3.99. The lowest BCUT2D eigenvalue weighted by Crippen LogP contribution is -2.27. The van der Waals surface area contributed by atoms with Gasteiger partial charge in [-0.15, -0.1) is 0 Å². The van der Waals surface area contributed by atoms with E-state index in [-0.39, 0.29) is 11.9 Å². The first-order valence-corrected chi connectivity index (χ1v) is 8.42. The molecule has 5 nitrogen and oxygen atoms in total. The average Bonchev–Trinajstić information content (AvgIpc) is 3.25. The van der Waals surface area contributed by atoms with E-state index in [2.05, 4.69) is 10.1 Å². The molecule has 27 heavy (non-hydrogen) atoms. The Morgan fingerprint density at radius 2 is 1.74 bits per heavy atom. The first-order chi connectivity index (χ1) is 13.2. The number of benzene rings is 2. The third-order valence-corrected chi connectivity index (χ3v) is 4.01. The number of furan rings is 1. The number of amides is 1. The minimum atomic E-state index is -0.396. The largest absolute Gasteiger partial charge is 0.467 e. The number of carbonyl (C=O) groups excluding carboxylic acids is 2. The van der Waals surface area contributed by atoms with Crippen LogP contribution in [-0.2, 0) is 9.53 Å². The third-order valence-electron chi connectivity index (χ3n) is 4.01. The third kappa shape index (κ3) is 4.73. The van der Waals surface area contributed by atoms with E-state index in [0.29, 0.717) is 11.3 Å². The molecule has 0 aliphatic rings. The number of hydrogen-bond donors (Lipinski definition) is 1. The van der Waals surface area contributed by atoms with Crippen LogP contribution in [0.15, 0.2) is 83.5 Å². The Hall–Kier alpha value is -3.60. The summed E-state index contributed by atoms with van der Waals surface area (Å²) in [6.07, 6.45) is 4.71. The first kappa shape index (κ1) is 18.2. The van der Waals surface area contributed by atoms with E-state index in [1.165, 1.54) is 13.2 Å². The van der Waals surface area contributed by atoms with E-state index in [1.54, 1.807) is 42.7 Å². The lowest BCUT2D eigenvalue weighted by atomic mass is 10.0. The van der Waals surface area contributed by atoms with Crippen molar-refractivity contribution in [1.29, 1.82) is 0 Å². The SMILES string of the molecule is COC(=O)c1ccc(C=CC(=O)NC(c2ccccc2)c2ccco2)cc1. The van der Waals surface area contributed by atoms with E-state index in [4.69, 9.17) is 4.42 Å². The fourth-order valence-electron chi connectivity index (χ4n) is 2.63. The summed E-state index contributed by atoms with van der Waals surface area (Å²) in [7, 11) is 1.34. The van der Waals surface area contributed by atoms with Crippen LogP contribution in [0.3, 0.4) is 0 Å². The van der Waals surface area contributed by atoms with Crippen molar-refractivity contribution in [1.82, 2.24) is 5.32 Å². The molecule has 1 aromatic heterocycles. The highest BCUT2D eigenvalue weighted by molar-refractivity contribution is 5.93. The summed E-state index contributed by atoms with van der Waals surface area (Å²) in [5, 5.41) is 2.95. The summed E-state index contributed by atoms with van der Waals surface area (Å²) in [5.41, 5.74) is 2.18. The maximum atomic E-state index is 12.4. The average molecular weight is 361 g/mol. The van der Waals surface area contributed by atoms with Gasteiger partial charge in [0.25, 0.3) is 0 Å². The number of nitrogens with one attached hydrogen (secondary N) is 1. The van der Waals surface area contributed by atoms with Crippen LogP contribution in [0, 0.1) is 0 Å². The Morgan fingerprint density at radius 1 is 1.00 bits per heavy atom. The van der Waals surface area contributed by atoms with Gasteiger partial charge in [0, 0.05) is 6.08 Å². The van der Waals surface area contributed by atoms with Crippen LogP contribution in [0.1, 0.15) is 33.3 Å². The van der Waals surface area contributed by atoms with Crippen molar-refractivity contribution < 1.29 is 18.7 Å². The monoisotopic (exact) mass is 361 g/mol. The molecule has 0 aliphatic carbocycles. The molecule has 0 fully saturated rings. The predicted molar refractivity (Wildman–Crippen MR) is 102 cm³/mol. The fourth-order valence-corrected chi connectivity index (χ4v) is 2.63. The zero-order valence-electron chi connectivity index (χ0n) is 14.8. The second-order valence-electron chi connectivity index (χ2n) is 5.81. The molecule has 0 saturated heterocycles. The molecule has 1 heterocycles. The lowest BCUT2D eigenvalue weighted by molar-refractivity contribution is -0.117. The molecule has 1 amide bonds. The van der Waals surface area contributed by atoms with Gasteiger partial charge >= 0.3 is 5.97 Å². The Morgan fingerprint density at radius 3 is 2.37 bits per heavy atom. The number of carbonyl (C=O) groups is 2. The summed E-state index contributed by atoms with van der Waals surface area (Å²) >= 11 is 0. The molecule has 0 aliphatic heterocycles.